The summed E-state index contributed by atoms with van der Waals surface area (Å²) in [6, 6.07) is 4.07. The number of aliphatic hydroxyl groups is 1. The Kier molecular flexibility index (Phi) is 3.64. The van der Waals surface area contributed by atoms with Gasteiger partial charge in [-0.05, 0) is 30.9 Å². The van der Waals surface area contributed by atoms with Crippen molar-refractivity contribution in [1.82, 2.24) is 4.98 Å². The van der Waals surface area contributed by atoms with Gasteiger partial charge in [-0.1, -0.05) is 13.0 Å². The minimum absolute atomic E-state index is 0.0265. The van der Waals surface area contributed by atoms with Crippen molar-refractivity contribution < 1.29 is 5.11 Å². The molecule has 0 spiro atoms. The number of hydrogen-bond donors (Lipinski definition) is 2. The van der Waals surface area contributed by atoms with Crippen LogP contribution in [0.1, 0.15) is 31.9 Å². The lowest BCUT2D eigenvalue weighted by Gasteiger charge is -2.35. The molecule has 0 amide bonds. The van der Waals surface area contributed by atoms with Gasteiger partial charge in [0.15, 0.2) is 0 Å². The number of anilines is 1. The van der Waals surface area contributed by atoms with Crippen LogP contribution in [0.3, 0.4) is 0 Å². The summed E-state index contributed by atoms with van der Waals surface area (Å²) in [4.78, 5) is 6.67. The minimum Gasteiger partial charge on any atom is -0.393 e. The lowest BCUT2D eigenvalue weighted by molar-refractivity contribution is 0.0969. The zero-order valence-corrected chi connectivity index (χ0v) is 10.5. The van der Waals surface area contributed by atoms with Crippen LogP contribution in [0, 0.1) is 5.92 Å². The molecule has 1 aromatic heterocycles. The Morgan fingerprint density at radius 3 is 2.82 bits per heavy atom. The maximum Gasteiger partial charge on any atom is 0.128 e. The summed E-state index contributed by atoms with van der Waals surface area (Å²) in [6.45, 7) is 5.77. The number of piperidine rings is 1. The molecule has 1 saturated heterocycles. The van der Waals surface area contributed by atoms with E-state index in [0.29, 0.717) is 5.92 Å². The summed E-state index contributed by atoms with van der Waals surface area (Å²) in [5, 5.41) is 9.70. The molecule has 2 unspecified atom stereocenters. The minimum atomic E-state index is -0.172. The first-order valence-corrected chi connectivity index (χ1v) is 6.22. The van der Waals surface area contributed by atoms with Crippen LogP contribution in [0.5, 0.6) is 0 Å². The number of rotatable bonds is 2. The maximum absolute atomic E-state index is 9.70. The van der Waals surface area contributed by atoms with Gasteiger partial charge in [-0.15, -0.1) is 0 Å². The van der Waals surface area contributed by atoms with Crippen LogP contribution < -0.4 is 10.6 Å². The van der Waals surface area contributed by atoms with Crippen molar-refractivity contribution in [2.24, 2.45) is 11.7 Å². The highest BCUT2D eigenvalue weighted by atomic mass is 16.3. The van der Waals surface area contributed by atoms with Gasteiger partial charge in [0.25, 0.3) is 0 Å². The first kappa shape index (κ1) is 12.3. The van der Waals surface area contributed by atoms with Crippen LogP contribution in [-0.2, 0) is 0 Å². The monoisotopic (exact) mass is 235 g/mol. The van der Waals surface area contributed by atoms with Gasteiger partial charge in [0.05, 0.1) is 6.10 Å². The second kappa shape index (κ2) is 5.02. The van der Waals surface area contributed by atoms with Gasteiger partial charge < -0.3 is 15.7 Å². The third-order valence-electron chi connectivity index (χ3n) is 3.48. The molecule has 1 aliphatic rings. The molecule has 1 aliphatic heterocycles. The molecule has 2 heterocycles. The van der Waals surface area contributed by atoms with E-state index in [1.54, 1.807) is 0 Å². The fraction of sp³-hybridized carbons (Fsp3) is 0.615. The predicted molar refractivity (Wildman–Crippen MR) is 68.8 cm³/mol. The van der Waals surface area contributed by atoms with Crippen molar-refractivity contribution in [3.63, 3.8) is 0 Å². The molecule has 4 nitrogen and oxygen atoms in total. The number of nitrogens with two attached hydrogens (primary N) is 1. The highest BCUT2D eigenvalue weighted by Crippen LogP contribution is 2.22. The molecule has 3 atom stereocenters. The lowest BCUT2D eigenvalue weighted by Crippen LogP contribution is -2.42. The number of pyridine rings is 1. The molecule has 4 heteroatoms. The standard InChI is InChI=1S/C13H21N3O/c1-9-8-16(6-5-12(9)17)13-4-3-11(7-15-13)10(2)14/h3-4,7,9-10,12,17H,5-6,8,14H2,1-2H3/t9?,10-,12?/m0/s1. The van der Waals surface area contributed by atoms with E-state index in [1.807, 2.05) is 25.3 Å². The zero-order valence-electron chi connectivity index (χ0n) is 10.5. The molecular weight excluding hydrogens is 214 g/mol. The van der Waals surface area contributed by atoms with Crippen LogP contribution in [0.15, 0.2) is 18.3 Å². The zero-order chi connectivity index (χ0) is 12.4. The normalized spacial score (nSPS) is 26.9. The average Bonchev–Trinajstić information content (AvgIpc) is 2.33. The van der Waals surface area contributed by atoms with Gasteiger partial charge in [0, 0.05) is 25.3 Å². The van der Waals surface area contributed by atoms with Crippen LogP contribution in [-0.4, -0.2) is 29.3 Å². The van der Waals surface area contributed by atoms with Crippen LogP contribution in [0.2, 0.25) is 0 Å². The van der Waals surface area contributed by atoms with E-state index in [2.05, 4.69) is 16.8 Å². The van der Waals surface area contributed by atoms with Crippen LogP contribution in [0.4, 0.5) is 5.82 Å². The Balaban J connectivity index is 2.07. The molecule has 17 heavy (non-hydrogen) atoms. The number of nitrogens with zero attached hydrogens (tertiary/aromatic N) is 2. The SMILES string of the molecule is CC1CN(c2ccc([C@H](C)N)cn2)CCC1O. The third-order valence-corrected chi connectivity index (χ3v) is 3.48. The van der Waals surface area contributed by atoms with Crippen LogP contribution >= 0.6 is 0 Å². The van der Waals surface area contributed by atoms with E-state index in [4.69, 9.17) is 5.73 Å². The van der Waals surface area contributed by atoms with Crippen molar-refractivity contribution in [3.05, 3.63) is 23.9 Å². The summed E-state index contributed by atoms with van der Waals surface area (Å²) in [6.07, 6.45) is 2.49. The van der Waals surface area contributed by atoms with Gasteiger partial charge in [-0.2, -0.15) is 0 Å². The average molecular weight is 235 g/mol. The molecule has 0 radical (unpaired) electrons. The van der Waals surface area contributed by atoms with Gasteiger partial charge >= 0.3 is 0 Å². The van der Waals surface area contributed by atoms with Crippen molar-refractivity contribution in [3.8, 4) is 0 Å². The molecule has 2 rings (SSSR count). The lowest BCUT2D eigenvalue weighted by atomic mass is 9.97. The van der Waals surface area contributed by atoms with Crippen LogP contribution in [0.25, 0.3) is 0 Å². The molecule has 0 saturated carbocycles. The van der Waals surface area contributed by atoms with Crippen molar-refractivity contribution in [2.75, 3.05) is 18.0 Å². The smallest absolute Gasteiger partial charge is 0.128 e. The Hall–Kier alpha value is -1.13. The van der Waals surface area contributed by atoms with E-state index >= 15 is 0 Å². The summed E-state index contributed by atoms with van der Waals surface area (Å²) in [7, 11) is 0. The summed E-state index contributed by atoms with van der Waals surface area (Å²) >= 11 is 0. The summed E-state index contributed by atoms with van der Waals surface area (Å²) in [5.41, 5.74) is 6.85. The Bertz CT molecular complexity index is 363. The maximum atomic E-state index is 9.70. The van der Waals surface area contributed by atoms with E-state index in [-0.39, 0.29) is 12.1 Å². The Morgan fingerprint density at radius 2 is 2.29 bits per heavy atom. The second-order valence-electron chi connectivity index (χ2n) is 5.02. The highest BCUT2D eigenvalue weighted by Gasteiger charge is 2.24. The third kappa shape index (κ3) is 2.76. The fourth-order valence-corrected chi connectivity index (χ4v) is 2.20. The first-order chi connectivity index (χ1) is 8.08. The first-order valence-electron chi connectivity index (χ1n) is 6.22. The van der Waals surface area contributed by atoms with Crippen molar-refractivity contribution in [2.45, 2.75) is 32.4 Å². The van der Waals surface area contributed by atoms with Gasteiger partial charge in [0.2, 0.25) is 0 Å². The molecule has 0 aromatic carbocycles. The van der Waals surface area contributed by atoms with Gasteiger partial charge in [-0.3, -0.25) is 0 Å². The number of aromatic nitrogens is 1. The topological polar surface area (TPSA) is 62.4 Å². The summed E-state index contributed by atoms with van der Waals surface area (Å²) < 4.78 is 0. The number of aliphatic hydroxyl groups excluding tert-OH is 1. The molecule has 1 fully saturated rings. The molecule has 0 bridgehead atoms. The van der Waals surface area contributed by atoms with E-state index < -0.39 is 0 Å². The van der Waals surface area contributed by atoms with Gasteiger partial charge in [-0.25, -0.2) is 4.98 Å². The fourth-order valence-electron chi connectivity index (χ4n) is 2.20. The largest absolute Gasteiger partial charge is 0.393 e. The van der Waals surface area contributed by atoms with E-state index in [0.717, 1.165) is 30.9 Å². The summed E-state index contributed by atoms with van der Waals surface area (Å²) in [5.74, 6) is 1.28. The quantitative estimate of drug-likeness (QED) is 0.811. The van der Waals surface area contributed by atoms with Gasteiger partial charge in [0.1, 0.15) is 5.82 Å². The second-order valence-corrected chi connectivity index (χ2v) is 5.02. The Morgan fingerprint density at radius 1 is 1.53 bits per heavy atom. The molecule has 0 aliphatic carbocycles. The number of hydrogen-bond acceptors (Lipinski definition) is 4. The van der Waals surface area contributed by atoms with E-state index in [9.17, 15) is 5.11 Å². The molecule has 3 N–H and O–H groups in total. The molecule has 94 valence electrons. The Labute approximate surface area is 102 Å². The van der Waals surface area contributed by atoms with Crippen molar-refractivity contribution in [1.29, 1.82) is 0 Å². The molecule has 1 aromatic rings. The van der Waals surface area contributed by atoms with E-state index in [1.165, 1.54) is 0 Å². The molecular formula is C13H21N3O. The predicted octanol–water partition coefficient (Wildman–Crippen LogP) is 1.31. The van der Waals surface area contributed by atoms with Crippen molar-refractivity contribution >= 4 is 5.82 Å². The highest BCUT2D eigenvalue weighted by molar-refractivity contribution is 5.40.